The van der Waals surface area contributed by atoms with E-state index in [0.717, 1.165) is 11.3 Å². The molecule has 0 fully saturated rings. The van der Waals surface area contributed by atoms with Crippen molar-refractivity contribution in [3.8, 4) is 5.75 Å². The largest absolute Gasteiger partial charge is 0.497 e. The van der Waals surface area contributed by atoms with Crippen LogP contribution in [0.1, 0.15) is 19.4 Å². The van der Waals surface area contributed by atoms with Crippen LogP contribution in [0.15, 0.2) is 24.3 Å². The number of carboxylic acid groups (broad SMARTS) is 1. The normalized spacial score (nSPS) is 10.4. The molecule has 1 aromatic carbocycles. The van der Waals surface area contributed by atoms with Crippen molar-refractivity contribution in [1.82, 2.24) is 0 Å². The second kappa shape index (κ2) is 6.00. The van der Waals surface area contributed by atoms with Crippen molar-refractivity contribution in [2.24, 2.45) is 5.41 Å². The molecular formula is C12H16O3Zn. The fraction of sp³-hybridized carbons (Fsp3) is 0.417. The van der Waals surface area contributed by atoms with Gasteiger partial charge in [-0.3, -0.25) is 4.79 Å². The van der Waals surface area contributed by atoms with E-state index in [1.54, 1.807) is 21.0 Å². The summed E-state index contributed by atoms with van der Waals surface area (Å²) in [7, 11) is 1.61. The summed E-state index contributed by atoms with van der Waals surface area (Å²) in [6.45, 7) is 3.44. The first kappa shape index (κ1) is 15.1. The Bertz CT molecular complexity index is 344. The molecule has 1 rings (SSSR count). The first-order valence-electron chi connectivity index (χ1n) is 4.82. The number of carboxylic acids is 1. The Morgan fingerprint density at radius 1 is 1.31 bits per heavy atom. The molecule has 0 unspecified atom stereocenters. The van der Waals surface area contributed by atoms with E-state index in [2.05, 4.69) is 0 Å². The average Bonchev–Trinajstić information content (AvgIpc) is 2.18. The molecule has 0 radical (unpaired) electrons. The molecule has 0 saturated carbocycles. The van der Waals surface area contributed by atoms with Gasteiger partial charge in [0.1, 0.15) is 5.75 Å². The second-order valence-corrected chi connectivity index (χ2v) is 4.21. The fourth-order valence-electron chi connectivity index (χ4n) is 1.33. The molecule has 1 aromatic rings. The summed E-state index contributed by atoms with van der Waals surface area (Å²) in [5.41, 5.74) is 0.275. The Hall–Kier alpha value is -0.887. The van der Waals surface area contributed by atoms with Gasteiger partial charge >= 0.3 is 5.97 Å². The molecule has 0 aromatic heterocycles. The predicted molar refractivity (Wildman–Crippen MR) is 58.1 cm³/mol. The third-order valence-corrected chi connectivity index (χ3v) is 2.38. The Morgan fingerprint density at radius 2 is 1.81 bits per heavy atom. The maximum atomic E-state index is 10.9. The number of hydrogen-bond donors (Lipinski definition) is 1. The van der Waals surface area contributed by atoms with E-state index in [1.807, 2.05) is 24.3 Å². The monoisotopic (exact) mass is 272 g/mol. The van der Waals surface area contributed by atoms with Gasteiger partial charge in [-0.1, -0.05) is 12.1 Å². The molecule has 0 saturated heterocycles. The van der Waals surface area contributed by atoms with Crippen molar-refractivity contribution in [1.29, 1.82) is 0 Å². The van der Waals surface area contributed by atoms with Crippen LogP contribution in [-0.2, 0) is 30.7 Å². The molecule has 4 heteroatoms. The zero-order chi connectivity index (χ0) is 11.5. The second-order valence-electron chi connectivity index (χ2n) is 4.21. The Kier molecular flexibility index (Phi) is 5.67. The van der Waals surface area contributed by atoms with Gasteiger partial charge in [-0.2, -0.15) is 0 Å². The van der Waals surface area contributed by atoms with Crippen molar-refractivity contribution < 1.29 is 34.1 Å². The van der Waals surface area contributed by atoms with Gasteiger partial charge in [0.15, 0.2) is 0 Å². The molecule has 0 spiro atoms. The van der Waals surface area contributed by atoms with Crippen molar-refractivity contribution in [3.05, 3.63) is 29.8 Å². The van der Waals surface area contributed by atoms with E-state index in [9.17, 15) is 4.79 Å². The molecule has 16 heavy (non-hydrogen) atoms. The summed E-state index contributed by atoms with van der Waals surface area (Å²) in [6.07, 6.45) is 0.520. The van der Waals surface area contributed by atoms with E-state index < -0.39 is 11.4 Å². The van der Waals surface area contributed by atoms with Crippen molar-refractivity contribution in [2.75, 3.05) is 7.11 Å². The summed E-state index contributed by atoms with van der Waals surface area (Å²) in [6, 6.07) is 7.47. The minimum atomic E-state index is -0.779. The number of carbonyl (C=O) groups is 1. The quantitative estimate of drug-likeness (QED) is 0.857. The van der Waals surface area contributed by atoms with E-state index in [4.69, 9.17) is 9.84 Å². The molecule has 3 nitrogen and oxygen atoms in total. The molecule has 0 aliphatic heterocycles. The van der Waals surface area contributed by atoms with Crippen LogP contribution in [0, 0.1) is 5.41 Å². The Morgan fingerprint density at radius 3 is 2.19 bits per heavy atom. The number of methoxy groups -OCH3 is 1. The van der Waals surface area contributed by atoms with Crippen LogP contribution in [0.5, 0.6) is 5.75 Å². The van der Waals surface area contributed by atoms with Crippen molar-refractivity contribution >= 4 is 5.97 Å². The maximum Gasteiger partial charge on any atom is 0.309 e. The number of benzene rings is 1. The first-order chi connectivity index (χ1) is 6.95. The molecule has 0 heterocycles. The summed E-state index contributed by atoms with van der Waals surface area (Å²) in [4.78, 5) is 10.9. The molecule has 0 bridgehead atoms. The van der Waals surface area contributed by atoms with Gasteiger partial charge in [0.05, 0.1) is 12.5 Å². The SMILES string of the molecule is COc1ccc(CC(C)(C)C(=O)O)cc1.[Zn]. The fourth-order valence-corrected chi connectivity index (χ4v) is 1.33. The third kappa shape index (κ3) is 3.93. The number of ether oxygens (including phenoxy) is 1. The Balaban J connectivity index is 0.00000225. The first-order valence-corrected chi connectivity index (χ1v) is 4.82. The number of hydrogen-bond acceptors (Lipinski definition) is 2. The molecule has 1 N–H and O–H groups in total. The minimum Gasteiger partial charge on any atom is -0.497 e. The molecule has 84 valence electrons. The summed E-state index contributed by atoms with van der Waals surface area (Å²) in [5, 5.41) is 8.98. The number of rotatable bonds is 4. The van der Waals surface area contributed by atoms with Crippen LogP contribution in [0.2, 0.25) is 0 Å². The van der Waals surface area contributed by atoms with Gasteiger partial charge in [0, 0.05) is 19.5 Å². The number of aliphatic carboxylic acids is 1. The van der Waals surface area contributed by atoms with E-state index in [0.29, 0.717) is 6.42 Å². The molecule has 0 atom stereocenters. The van der Waals surface area contributed by atoms with Crippen LogP contribution in [-0.4, -0.2) is 18.2 Å². The Labute approximate surface area is 109 Å². The standard InChI is InChI=1S/C12H16O3.Zn/c1-12(2,11(13)14)8-9-4-6-10(15-3)7-5-9;/h4-7H,8H2,1-3H3,(H,13,14);. The van der Waals surface area contributed by atoms with Gasteiger partial charge in [0.25, 0.3) is 0 Å². The predicted octanol–water partition coefficient (Wildman–Crippen LogP) is 2.35. The van der Waals surface area contributed by atoms with Crippen LogP contribution < -0.4 is 4.74 Å². The van der Waals surface area contributed by atoms with Crippen LogP contribution in [0.3, 0.4) is 0 Å². The van der Waals surface area contributed by atoms with E-state index in [-0.39, 0.29) is 19.5 Å². The molecular weight excluding hydrogens is 258 g/mol. The minimum absolute atomic E-state index is 0. The van der Waals surface area contributed by atoms with Gasteiger partial charge in [-0.15, -0.1) is 0 Å². The molecule has 0 amide bonds. The third-order valence-electron chi connectivity index (χ3n) is 2.38. The van der Waals surface area contributed by atoms with Gasteiger partial charge in [-0.05, 0) is 38.0 Å². The maximum absolute atomic E-state index is 10.9. The van der Waals surface area contributed by atoms with Gasteiger partial charge in [0.2, 0.25) is 0 Å². The molecule has 0 aliphatic rings. The molecule has 0 aliphatic carbocycles. The van der Waals surface area contributed by atoms with E-state index >= 15 is 0 Å². The van der Waals surface area contributed by atoms with Gasteiger partial charge < -0.3 is 9.84 Å². The summed E-state index contributed by atoms with van der Waals surface area (Å²) in [5.74, 6) is 0.00481. The van der Waals surface area contributed by atoms with Crippen LogP contribution in [0.25, 0.3) is 0 Å². The van der Waals surface area contributed by atoms with E-state index in [1.165, 1.54) is 0 Å². The van der Waals surface area contributed by atoms with Crippen molar-refractivity contribution in [3.63, 3.8) is 0 Å². The summed E-state index contributed by atoms with van der Waals surface area (Å²) < 4.78 is 5.03. The van der Waals surface area contributed by atoms with Gasteiger partial charge in [-0.25, -0.2) is 0 Å². The topological polar surface area (TPSA) is 46.5 Å². The smallest absolute Gasteiger partial charge is 0.309 e. The zero-order valence-electron chi connectivity index (χ0n) is 9.99. The van der Waals surface area contributed by atoms with Crippen LogP contribution >= 0.6 is 0 Å². The van der Waals surface area contributed by atoms with Crippen LogP contribution in [0.4, 0.5) is 0 Å². The van der Waals surface area contributed by atoms with Crippen molar-refractivity contribution in [2.45, 2.75) is 20.3 Å². The zero-order valence-corrected chi connectivity index (χ0v) is 13.0. The average molecular weight is 274 g/mol. The summed E-state index contributed by atoms with van der Waals surface area (Å²) >= 11 is 0.